The third-order valence-corrected chi connectivity index (χ3v) is 8.66. The fraction of sp³-hybridized carbons (Fsp3) is 0.538. The van der Waals surface area contributed by atoms with Crippen molar-refractivity contribution >= 4 is 19.4 Å². The van der Waals surface area contributed by atoms with Gasteiger partial charge in [-0.05, 0) is 34.9 Å². The molecule has 0 aliphatic heterocycles. The lowest BCUT2D eigenvalue weighted by molar-refractivity contribution is -0.0641. The molecule has 0 aliphatic rings. The van der Waals surface area contributed by atoms with Crippen LogP contribution in [0.4, 0.5) is 0 Å². The molecule has 3 aromatic rings. The molecular weight excluding hydrogens is 595 g/mol. The number of hydrogen-bond donors (Lipinski definition) is 1. The van der Waals surface area contributed by atoms with E-state index in [0.29, 0.717) is 14.2 Å². The zero-order chi connectivity index (χ0) is 32.3. The van der Waals surface area contributed by atoms with Crippen molar-refractivity contribution in [1.82, 2.24) is 0 Å². The molecule has 0 aromatic heterocycles. The standard InChI is InChI=1S/C38H54O3.CH3OPS/c1-2-3-4-5-6-7-8-9-10-11-12-13-14-24-31-40-32-37(39)33-41-38(34-25-18-15-19-26-34,35-27-20-16-21-28-35)36-29-22-17-23-30-36;1-2-3-4/h15-23,25-30,37,39H,2-14,24,31-33H2,1H3;1H3. The quantitative estimate of drug-likeness (QED) is 0.0593. The first-order valence-electron chi connectivity index (χ1n) is 17.1. The second-order valence-corrected chi connectivity index (χ2v) is 12.6. The highest BCUT2D eigenvalue weighted by Gasteiger charge is 2.38. The van der Waals surface area contributed by atoms with Gasteiger partial charge in [0.2, 0.25) is 0 Å². The van der Waals surface area contributed by atoms with Gasteiger partial charge in [0.1, 0.15) is 19.3 Å². The number of benzene rings is 3. The summed E-state index contributed by atoms with van der Waals surface area (Å²) in [6.07, 6.45) is 18.1. The van der Waals surface area contributed by atoms with E-state index in [2.05, 4.69) is 59.7 Å². The number of hydrogen-bond acceptors (Lipinski definition) is 5. The summed E-state index contributed by atoms with van der Waals surface area (Å²) < 4.78 is 16.9. The molecule has 3 aromatic carbocycles. The molecule has 248 valence electrons. The maximum atomic E-state index is 10.8. The Hall–Kier alpha value is -1.98. The van der Waals surface area contributed by atoms with Crippen molar-refractivity contribution in [3.8, 4) is 0 Å². The van der Waals surface area contributed by atoms with Gasteiger partial charge in [0, 0.05) is 13.7 Å². The molecule has 0 amide bonds. The summed E-state index contributed by atoms with van der Waals surface area (Å²) in [7, 11) is 2.15. The SMILES string of the molecule is CCCCCCCCCCCCCCCCOCC(O)COC(c1ccccc1)(c1ccccc1)c1ccccc1.COP=S. The summed E-state index contributed by atoms with van der Waals surface area (Å²) in [5, 5.41) is 10.8. The fourth-order valence-electron chi connectivity index (χ4n) is 5.66. The molecule has 0 aliphatic carbocycles. The summed E-state index contributed by atoms with van der Waals surface area (Å²) in [6.45, 7) is 3.44. The lowest BCUT2D eigenvalue weighted by atomic mass is 9.80. The predicted octanol–water partition coefficient (Wildman–Crippen LogP) is 10.8. The van der Waals surface area contributed by atoms with Crippen LogP contribution in [0.25, 0.3) is 0 Å². The van der Waals surface area contributed by atoms with Gasteiger partial charge in [0.15, 0.2) is 0 Å². The number of ether oxygens (including phenoxy) is 2. The molecule has 0 saturated heterocycles. The molecule has 0 bridgehead atoms. The molecule has 6 heteroatoms. The van der Waals surface area contributed by atoms with Crippen molar-refractivity contribution in [2.45, 2.75) is 109 Å². The first-order chi connectivity index (χ1) is 22.2. The number of unbranched alkanes of at least 4 members (excludes halogenated alkanes) is 13. The Morgan fingerprint density at radius 3 is 1.31 bits per heavy atom. The van der Waals surface area contributed by atoms with Crippen LogP contribution in [-0.2, 0) is 31.4 Å². The smallest absolute Gasteiger partial charge is 0.143 e. The third-order valence-electron chi connectivity index (χ3n) is 8.06. The highest BCUT2D eigenvalue weighted by molar-refractivity contribution is 7.94. The van der Waals surface area contributed by atoms with Crippen LogP contribution in [0.1, 0.15) is 114 Å². The van der Waals surface area contributed by atoms with E-state index >= 15 is 0 Å². The zero-order valence-corrected chi connectivity index (χ0v) is 29.5. The molecule has 0 heterocycles. The molecule has 0 fully saturated rings. The van der Waals surface area contributed by atoms with Gasteiger partial charge in [-0.2, -0.15) is 0 Å². The van der Waals surface area contributed by atoms with E-state index in [1.165, 1.54) is 83.5 Å². The second kappa shape index (κ2) is 26.1. The Morgan fingerprint density at radius 1 is 0.600 bits per heavy atom. The van der Waals surface area contributed by atoms with Crippen LogP contribution in [0.15, 0.2) is 91.0 Å². The van der Waals surface area contributed by atoms with Gasteiger partial charge in [-0.1, -0.05) is 181 Å². The van der Waals surface area contributed by atoms with Gasteiger partial charge < -0.3 is 19.1 Å². The highest BCUT2D eigenvalue weighted by Crippen LogP contribution is 2.40. The van der Waals surface area contributed by atoms with Crippen molar-refractivity contribution in [3.63, 3.8) is 0 Å². The molecule has 0 saturated carbocycles. The Balaban J connectivity index is 0.00000166. The maximum Gasteiger partial charge on any atom is 0.143 e. The van der Waals surface area contributed by atoms with E-state index < -0.39 is 11.7 Å². The van der Waals surface area contributed by atoms with E-state index in [1.807, 2.05) is 54.6 Å². The van der Waals surface area contributed by atoms with Gasteiger partial charge in [-0.15, -0.1) is 0 Å². The van der Waals surface area contributed by atoms with Gasteiger partial charge >= 0.3 is 0 Å². The Bertz CT molecular complexity index is 987. The topological polar surface area (TPSA) is 47.9 Å². The minimum Gasteiger partial charge on any atom is -0.388 e. The fourth-order valence-corrected chi connectivity index (χ4v) is 5.66. The normalized spacial score (nSPS) is 12.1. The lowest BCUT2D eigenvalue weighted by Crippen LogP contribution is -2.36. The van der Waals surface area contributed by atoms with Crippen molar-refractivity contribution in [3.05, 3.63) is 108 Å². The predicted molar refractivity (Wildman–Crippen MR) is 194 cm³/mol. The molecule has 4 nitrogen and oxygen atoms in total. The van der Waals surface area contributed by atoms with Crippen LogP contribution in [0.3, 0.4) is 0 Å². The second-order valence-electron chi connectivity index (χ2n) is 11.7. The molecule has 1 atom stereocenters. The Labute approximate surface area is 280 Å². The minimum atomic E-state index is -0.820. The number of aliphatic hydroxyl groups is 1. The van der Waals surface area contributed by atoms with E-state index in [-0.39, 0.29) is 13.2 Å². The summed E-state index contributed by atoms with van der Waals surface area (Å²) in [6, 6.07) is 30.9. The first-order valence-corrected chi connectivity index (χ1v) is 18.9. The van der Waals surface area contributed by atoms with Gasteiger partial charge in [0.25, 0.3) is 0 Å². The largest absolute Gasteiger partial charge is 0.388 e. The van der Waals surface area contributed by atoms with Crippen molar-refractivity contribution in [2.24, 2.45) is 0 Å². The van der Waals surface area contributed by atoms with Crippen LogP contribution in [-0.4, -0.2) is 38.1 Å². The van der Waals surface area contributed by atoms with Crippen LogP contribution in [0, 0.1) is 0 Å². The molecule has 0 spiro atoms. The average Bonchev–Trinajstić information content (AvgIpc) is 3.10. The van der Waals surface area contributed by atoms with Crippen molar-refractivity contribution in [1.29, 1.82) is 0 Å². The highest BCUT2D eigenvalue weighted by atomic mass is 32.4. The van der Waals surface area contributed by atoms with E-state index in [1.54, 1.807) is 7.11 Å². The third kappa shape index (κ3) is 15.9. The monoisotopic (exact) mass is 652 g/mol. The van der Waals surface area contributed by atoms with Crippen LogP contribution >= 0.6 is 7.58 Å². The van der Waals surface area contributed by atoms with Crippen LogP contribution < -0.4 is 0 Å². The Morgan fingerprint density at radius 2 is 0.956 bits per heavy atom. The van der Waals surface area contributed by atoms with Gasteiger partial charge in [0.05, 0.1) is 13.2 Å². The molecule has 3 rings (SSSR count). The van der Waals surface area contributed by atoms with Gasteiger partial charge in [-0.3, -0.25) is 0 Å². The molecular formula is C39H57O4PS. The van der Waals surface area contributed by atoms with E-state index in [9.17, 15) is 5.11 Å². The van der Waals surface area contributed by atoms with Crippen LogP contribution in [0.2, 0.25) is 0 Å². The summed E-state index contributed by atoms with van der Waals surface area (Å²) in [5.74, 6) is 0. The Kier molecular flexibility index (Phi) is 22.8. The summed E-state index contributed by atoms with van der Waals surface area (Å²) in [5.41, 5.74) is 2.29. The summed E-state index contributed by atoms with van der Waals surface area (Å²) >= 11 is 4.30. The molecule has 1 N–H and O–H groups in total. The number of aliphatic hydroxyl groups excluding tert-OH is 1. The average molecular weight is 653 g/mol. The molecule has 0 radical (unpaired) electrons. The van der Waals surface area contributed by atoms with E-state index in [0.717, 1.165) is 23.1 Å². The lowest BCUT2D eigenvalue weighted by Gasteiger charge is -2.36. The first kappa shape index (κ1) is 39.2. The van der Waals surface area contributed by atoms with Crippen molar-refractivity contribution in [2.75, 3.05) is 26.9 Å². The number of rotatable bonds is 24. The van der Waals surface area contributed by atoms with Crippen molar-refractivity contribution < 1.29 is 19.1 Å². The zero-order valence-electron chi connectivity index (χ0n) is 27.8. The summed E-state index contributed by atoms with van der Waals surface area (Å²) in [4.78, 5) is 0. The molecule has 45 heavy (non-hydrogen) atoms. The van der Waals surface area contributed by atoms with Crippen LogP contribution in [0.5, 0.6) is 0 Å². The molecule has 1 unspecified atom stereocenters. The van der Waals surface area contributed by atoms with Gasteiger partial charge in [-0.25, -0.2) is 0 Å². The van der Waals surface area contributed by atoms with E-state index in [4.69, 9.17) is 9.47 Å². The minimum absolute atomic E-state index is 0.178. The maximum absolute atomic E-state index is 10.8.